The topological polar surface area (TPSA) is 83.6 Å². The first kappa shape index (κ1) is 11.0. The molecule has 4 nitrogen and oxygen atoms in total. The first-order valence-corrected chi connectivity index (χ1v) is 4.76. The molecule has 0 spiro atoms. The number of phenolic OH excluding ortho intramolecular Hbond substituents is 1. The number of benzene rings is 1. The van der Waals surface area contributed by atoms with Crippen LogP contribution in [0.3, 0.4) is 0 Å². The first-order valence-electron chi connectivity index (χ1n) is 3.97. The van der Waals surface area contributed by atoms with Gasteiger partial charge in [0, 0.05) is 6.04 Å². The van der Waals surface area contributed by atoms with Gasteiger partial charge in [-0.05, 0) is 27.6 Å². The van der Waals surface area contributed by atoms with E-state index in [0.717, 1.165) is 0 Å². The van der Waals surface area contributed by atoms with Crippen LogP contribution < -0.4 is 5.73 Å². The molecule has 0 aliphatic heterocycles. The molecule has 4 N–H and O–H groups in total. The molecule has 1 aromatic carbocycles. The summed E-state index contributed by atoms with van der Waals surface area (Å²) >= 11 is 3.15. The second-order valence-corrected chi connectivity index (χ2v) is 3.68. The van der Waals surface area contributed by atoms with E-state index in [2.05, 4.69) is 15.9 Å². The van der Waals surface area contributed by atoms with Gasteiger partial charge in [-0.2, -0.15) is 0 Å². The van der Waals surface area contributed by atoms with Gasteiger partial charge in [0.2, 0.25) is 0 Å². The molecule has 0 amide bonds. The molecule has 0 radical (unpaired) electrons. The van der Waals surface area contributed by atoms with Crippen molar-refractivity contribution in [3.8, 4) is 5.75 Å². The zero-order valence-corrected chi connectivity index (χ0v) is 8.86. The Labute approximate surface area is 89.5 Å². The molecule has 0 bridgehead atoms. The highest BCUT2D eigenvalue weighted by molar-refractivity contribution is 9.10. The predicted molar refractivity (Wildman–Crippen MR) is 55.0 cm³/mol. The van der Waals surface area contributed by atoms with Crippen molar-refractivity contribution in [2.24, 2.45) is 5.73 Å². The number of nitrogens with two attached hydrogens (primary N) is 1. The van der Waals surface area contributed by atoms with Gasteiger partial charge >= 0.3 is 5.97 Å². The predicted octanol–water partition coefficient (Wildman–Crippen LogP) is 1.63. The van der Waals surface area contributed by atoms with Gasteiger partial charge in [0.05, 0.1) is 10.9 Å². The fraction of sp³-hybridized carbons (Fsp3) is 0.222. The lowest BCUT2D eigenvalue weighted by atomic mass is 10.0. The van der Waals surface area contributed by atoms with Crippen molar-refractivity contribution in [3.05, 3.63) is 28.2 Å². The van der Waals surface area contributed by atoms with E-state index in [4.69, 9.17) is 10.8 Å². The lowest BCUT2D eigenvalue weighted by Gasteiger charge is -2.11. The van der Waals surface area contributed by atoms with E-state index >= 15 is 0 Å². The summed E-state index contributed by atoms with van der Waals surface area (Å²) in [6, 6.07) is 4.18. The van der Waals surface area contributed by atoms with Crippen LogP contribution >= 0.6 is 15.9 Å². The van der Waals surface area contributed by atoms with Crippen LogP contribution in [0, 0.1) is 0 Å². The summed E-state index contributed by atoms with van der Waals surface area (Å²) in [6.07, 6.45) is -0.165. The number of hydrogen-bond acceptors (Lipinski definition) is 3. The van der Waals surface area contributed by atoms with Gasteiger partial charge in [-0.3, -0.25) is 4.79 Å². The number of carbonyl (C=O) groups is 1. The molecule has 0 saturated heterocycles. The van der Waals surface area contributed by atoms with E-state index in [1.165, 1.54) is 6.07 Å². The van der Waals surface area contributed by atoms with Gasteiger partial charge in [0.15, 0.2) is 0 Å². The fourth-order valence-electron chi connectivity index (χ4n) is 1.12. The summed E-state index contributed by atoms with van der Waals surface area (Å²) in [6.45, 7) is 0. The molecule has 1 aromatic rings. The van der Waals surface area contributed by atoms with Crippen LogP contribution in [0.4, 0.5) is 0 Å². The van der Waals surface area contributed by atoms with Gasteiger partial charge in [-0.1, -0.05) is 12.1 Å². The van der Waals surface area contributed by atoms with Gasteiger partial charge in [-0.25, -0.2) is 0 Å². The average molecular weight is 260 g/mol. The van der Waals surface area contributed by atoms with Crippen LogP contribution in [0.2, 0.25) is 0 Å². The minimum Gasteiger partial charge on any atom is -0.507 e. The summed E-state index contributed by atoms with van der Waals surface area (Å²) in [5.41, 5.74) is 6.23. The van der Waals surface area contributed by atoms with Gasteiger partial charge in [-0.15, -0.1) is 0 Å². The molecule has 0 unspecified atom stereocenters. The molecule has 76 valence electrons. The maximum absolute atomic E-state index is 10.4. The van der Waals surface area contributed by atoms with E-state index < -0.39 is 12.0 Å². The van der Waals surface area contributed by atoms with Crippen molar-refractivity contribution >= 4 is 21.9 Å². The highest BCUT2D eigenvalue weighted by atomic mass is 79.9. The first-order chi connectivity index (χ1) is 6.52. The second kappa shape index (κ2) is 4.43. The molecule has 0 aliphatic carbocycles. The van der Waals surface area contributed by atoms with Crippen molar-refractivity contribution in [2.45, 2.75) is 12.5 Å². The van der Waals surface area contributed by atoms with Crippen molar-refractivity contribution < 1.29 is 15.0 Å². The zero-order chi connectivity index (χ0) is 10.7. The van der Waals surface area contributed by atoms with Crippen LogP contribution in [0.15, 0.2) is 22.7 Å². The van der Waals surface area contributed by atoms with Gasteiger partial charge < -0.3 is 15.9 Å². The summed E-state index contributed by atoms with van der Waals surface area (Å²) < 4.78 is 0.453. The third-order valence-corrected chi connectivity index (χ3v) is 2.67. The summed E-state index contributed by atoms with van der Waals surface area (Å²) in [4.78, 5) is 10.4. The molecule has 14 heavy (non-hydrogen) atoms. The Balaban J connectivity index is 2.95. The SMILES string of the molecule is N[C@@H](CC(=O)O)c1cccc(O)c1Br. The number of phenols is 1. The van der Waals surface area contributed by atoms with E-state index in [0.29, 0.717) is 10.0 Å². The number of carboxylic acid groups (broad SMARTS) is 1. The van der Waals surface area contributed by atoms with Crippen LogP contribution in [-0.4, -0.2) is 16.2 Å². The monoisotopic (exact) mass is 259 g/mol. The van der Waals surface area contributed by atoms with Crippen LogP contribution in [0.5, 0.6) is 5.75 Å². The number of rotatable bonds is 3. The number of hydrogen-bond donors (Lipinski definition) is 3. The highest BCUT2D eigenvalue weighted by Crippen LogP contribution is 2.31. The van der Waals surface area contributed by atoms with Crippen molar-refractivity contribution in [1.29, 1.82) is 0 Å². The van der Waals surface area contributed by atoms with Crippen LogP contribution in [-0.2, 0) is 4.79 Å². The Morgan fingerprint density at radius 2 is 2.21 bits per heavy atom. The Morgan fingerprint density at radius 3 is 2.79 bits per heavy atom. The van der Waals surface area contributed by atoms with Crippen LogP contribution in [0.1, 0.15) is 18.0 Å². The maximum atomic E-state index is 10.4. The number of aromatic hydroxyl groups is 1. The minimum atomic E-state index is -0.965. The van der Waals surface area contributed by atoms with Crippen LogP contribution in [0.25, 0.3) is 0 Å². The van der Waals surface area contributed by atoms with Crippen molar-refractivity contribution in [3.63, 3.8) is 0 Å². The molecule has 1 rings (SSSR count). The summed E-state index contributed by atoms with van der Waals surface area (Å²) in [5.74, 6) is -0.906. The lowest BCUT2D eigenvalue weighted by Crippen LogP contribution is -2.15. The maximum Gasteiger partial charge on any atom is 0.305 e. The largest absolute Gasteiger partial charge is 0.507 e. The van der Waals surface area contributed by atoms with E-state index in [1.54, 1.807) is 12.1 Å². The fourth-order valence-corrected chi connectivity index (χ4v) is 1.68. The number of carboxylic acids is 1. The lowest BCUT2D eigenvalue weighted by molar-refractivity contribution is -0.137. The molecule has 5 heteroatoms. The molecule has 0 heterocycles. The van der Waals surface area contributed by atoms with E-state index in [9.17, 15) is 9.90 Å². The summed E-state index contributed by atoms with van der Waals surface area (Å²) in [5, 5.41) is 17.9. The Kier molecular flexibility index (Phi) is 3.49. The molecule has 0 fully saturated rings. The van der Waals surface area contributed by atoms with E-state index in [-0.39, 0.29) is 12.2 Å². The van der Waals surface area contributed by atoms with Gasteiger partial charge in [0.25, 0.3) is 0 Å². The zero-order valence-electron chi connectivity index (χ0n) is 7.27. The third kappa shape index (κ3) is 2.46. The quantitative estimate of drug-likeness (QED) is 0.771. The third-order valence-electron chi connectivity index (χ3n) is 1.80. The van der Waals surface area contributed by atoms with E-state index in [1.807, 2.05) is 0 Å². The molecule has 0 aromatic heterocycles. The molecule has 0 aliphatic rings. The Morgan fingerprint density at radius 1 is 1.57 bits per heavy atom. The molecule has 1 atom stereocenters. The van der Waals surface area contributed by atoms with Crippen molar-refractivity contribution in [2.75, 3.05) is 0 Å². The highest BCUT2D eigenvalue weighted by Gasteiger charge is 2.14. The Hall–Kier alpha value is -1.07. The molecular formula is C9H10BrNO3. The normalized spacial score (nSPS) is 12.4. The second-order valence-electron chi connectivity index (χ2n) is 2.88. The minimum absolute atomic E-state index is 0.0586. The number of halogens is 1. The summed E-state index contributed by atoms with van der Waals surface area (Å²) in [7, 11) is 0. The standard InChI is InChI=1S/C9H10BrNO3/c10-9-5(2-1-3-7(9)12)6(11)4-8(13)14/h1-3,6,12H,4,11H2,(H,13,14)/t6-/m0/s1. The van der Waals surface area contributed by atoms with Gasteiger partial charge in [0.1, 0.15) is 5.75 Å². The smallest absolute Gasteiger partial charge is 0.305 e. The molecule has 0 saturated carbocycles. The molecular weight excluding hydrogens is 250 g/mol. The average Bonchev–Trinajstić information content (AvgIpc) is 2.08. The van der Waals surface area contributed by atoms with Crippen molar-refractivity contribution in [1.82, 2.24) is 0 Å². The Bertz CT molecular complexity index is 354. The number of aliphatic carboxylic acids is 1.